The Morgan fingerprint density at radius 1 is 0.981 bits per heavy atom. The Bertz CT molecular complexity index is 1860. The average molecular weight is 725 g/mol. The number of nitrogens with one attached hydrogen (secondary N) is 1. The molecule has 0 amide bonds. The molecule has 5 N–H and O–H groups in total. The number of hydrogen-bond acceptors (Lipinski definition) is 7. The van der Waals surface area contributed by atoms with E-state index in [1.807, 2.05) is 43.3 Å². The molecule has 0 aliphatic heterocycles. The third-order valence-corrected chi connectivity index (χ3v) is 15.4. The van der Waals surface area contributed by atoms with Crippen molar-refractivity contribution in [2.24, 2.45) is 46.3 Å². The van der Waals surface area contributed by atoms with Gasteiger partial charge in [0, 0.05) is 18.4 Å². The fourth-order valence-electron chi connectivity index (χ4n) is 12.5. The number of anilines is 1. The van der Waals surface area contributed by atoms with Gasteiger partial charge in [0.1, 0.15) is 0 Å². The second-order valence-corrected chi connectivity index (χ2v) is 18.1. The third kappa shape index (κ3) is 6.71. The molecule has 0 bridgehead atoms. The molecule has 0 spiro atoms. The van der Waals surface area contributed by atoms with Crippen molar-refractivity contribution in [3.05, 3.63) is 70.9 Å². The van der Waals surface area contributed by atoms with Crippen molar-refractivity contribution in [2.45, 2.75) is 130 Å². The number of carbonyl (C=O) groups is 2. The predicted octanol–water partition coefficient (Wildman–Crippen LogP) is 8.12. The third-order valence-electron chi connectivity index (χ3n) is 15.4. The Balaban J connectivity index is 1.04. The summed E-state index contributed by atoms with van der Waals surface area (Å²) in [7, 11) is 0. The number of fused-ring (bicyclic) bond motifs is 6. The zero-order valence-electron chi connectivity index (χ0n) is 32.3. The highest BCUT2D eigenvalue weighted by atomic mass is 16.4. The monoisotopic (exact) mass is 724 g/mol. The van der Waals surface area contributed by atoms with Gasteiger partial charge in [-0.15, -0.1) is 0 Å². The number of nitrogens with zero attached hydrogens (tertiary/aromatic N) is 1. The van der Waals surface area contributed by atoms with Crippen LogP contribution in [0.3, 0.4) is 0 Å². The first-order valence-electron chi connectivity index (χ1n) is 20.2. The van der Waals surface area contributed by atoms with E-state index in [9.17, 15) is 30.0 Å². The van der Waals surface area contributed by atoms with E-state index in [0.717, 1.165) is 47.8 Å². The normalized spacial score (nSPS) is 35.6. The molecular formula is C45H60N2O6. The molecule has 8 nitrogen and oxygen atoms in total. The summed E-state index contributed by atoms with van der Waals surface area (Å²) in [6, 6.07) is 16.2. The zero-order valence-corrected chi connectivity index (χ0v) is 32.3. The molecular weight excluding hydrogens is 665 g/mol. The molecule has 4 saturated carbocycles. The van der Waals surface area contributed by atoms with Crippen molar-refractivity contribution in [1.82, 2.24) is 4.98 Å². The summed E-state index contributed by atoms with van der Waals surface area (Å²) in [5.41, 5.74) is 4.07. The molecule has 0 saturated heterocycles. The van der Waals surface area contributed by atoms with Gasteiger partial charge in [-0.3, -0.25) is 14.6 Å². The second kappa shape index (κ2) is 14.4. The van der Waals surface area contributed by atoms with E-state index in [4.69, 9.17) is 0 Å². The van der Waals surface area contributed by atoms with Gasteiger partial charge in [0.15, 0.2) is 5.78 Å². The number of Topliss-reactive ketones (excluding diaryl/α,β-unsaturated/α-hetero) is 1. The lowest BCUT2D eigenvalue weighted by atomic mass is 9.42. The topological polar surface area (TPSA) is 140 Å². The number of pyridine rings is 1. The van der Waals surface area contributed by atoms with Crippen molar-refractivity contribution in [3.8, 4) is 0 Å². The van der Waals surface area contributed by atoms with Crippen LogP contribution in [0.4, 0.5) is 5.69 Å². The van der Waals surface area contributed by atoms with Gasteiger partial charge in [-0.1, -0.05) is 63.2 Å². The van der Waals surface area contributed by atoms with Crippen molar-refractivity contribution >= 4 is 28.3 Å². The van der Waals surface area contributed by atoms with Crippen LogP contribution in [0.2, 0.25) is 0 Å². The molecule has 286 valence electrons. The highest BCUT2D eigenvalue weighted by Crippen LogP contribution is 2.69. The summed E-state index contributed by atoms with van der Waals surface area (Å²) < 4.78 is 0. The van der Waals surface area contributed by atoms with Gasteiger partial charge in [-0.25, -0.2) is 0 Å². The van der Waals surface area contributed by atoms with Gasteiger partial charge in [0.05, 0.1) is 40.3 Å². The van der Waals surface area contributed by atoms with Crippen LogP contribution in [-0.2, 0) is 17.8 Å². The number of aliphatic hydroxyl groups is 3. The number of benzene rings is 2. The Kier molecular flexibility index (Phi) is 10.3. The summed E-state index contributed by atoms with van der Waals surface area (Å²) >= 11 is 0. The lowest BCUT2D eigenvalue weighted by Gasteiger charge is -2.64. The SMILES string of the molecule is CC(=O)c1c(C)nc2ccccc2c1NCc1ccccc1CC[C@@]1(O)CC[C@@]2(C)C(C[C@@H](O)C3C2C[C@H](O)[C@@]2(C)C3CC[C@@H]2[C@H](C)CCC(=O)O)C1. The number of carboxylic acid groups (broad SMARTS) is 1. The maximum atomic E-state index is 12.7. The molecule has 3 aromatic rings. The number of carbonyl (C=O) groups excluding carboxylic acids is 1. The summed E-state index contributed by atoms with van der Waals surface area (Å²) in [4.78, 5) is 28.8. The van der Waals surface area contributed by atoms with E-state index < -0.39 is 23.8 Å². The minimum atomic E-state index is -0.836. The number of carboxylic acids is 1. The molecule has 11 atom stereocenters. The van der Waals surface area contributed by atoms with Crippen molar-refractivity contribution in [1.29, 1.82) is 0 Å². The quantitative estimate of drug-likeness (QED) is 0.125. The molecule has 8 heteroatoms. The molecule has 4 aliphatic rings. The Hall–Kier alpha value is -3.33. The van der Waals surface area contributed by atoms with Gasteiger partial charge in [-0.2, -0.15) is 0 Å². The molecule has 4 fully saturated rings. The number of hydrogen-bond donors (Lipinski definition) is 5. The number of aromatic nitrogens is 1. The fraction of sp³-hybridized carbons (Fsp3) is 0.622. The van der Waals surface area contributed by atoms with E-state index in [0.29, 0.717) is 56.3 Å². The van der Waals surface area contributed by atoms with Crippen LogP contribution < -0.4 is 5.32 Å². The lowest BCUT2D eigenvalue weighted by Crippen LogP contribution is -2.63. The van der Waals surface area contributed by atoms with Crippen molar-refractivity contribution in [3.63, 3.8) is 0 Å². The first kappa shape index (κ1) is 38.0. The van der Waals surface area contributed by atoms with Crippen LogP contribution >= 0.6 is 0 Å². The van der Waals surface area contributed by atoms with E-state index >= 15 is 0 Å². The molecule has 7 rings (SSSR count). The van der Waals surface area contributed by atoms with E-state index in [-0.39, 0.29) is 58.5 Å². The maximum Gasteiger partial charge on any atom is 0.303 e. The van der Waals surface area contributed by atoms with E-state index in [1.54, 1.807) is 6.92 Å². The van der Waals surface area contributed by atoms with Gasteiger partial charge in [-0.05, 0) is 142 Å². The molecule has 4 aliphatic carbocycles. The molecule has 0 radical (unpaired) electrons. The highest BCUT2D eigenvalue weighted by molar-refractivity contribution is 6.08. The summed E-state index contributed by atoms with van der Waals surface area (Å²) in [5, 5.41) is 50.0. The van der Waals surface area contributed by atoms with Gasteiger partial charge >= 0.3 is 5.97 Å². The summed E-state index contributed by atoms with van der Waals surface area (Å²) in [6.07, 6.45) is 6.71. The minimum absolute atomic E-state index is 0.0195. The van der Waals surface area contributed by atoms with Crippen LogP contribution in [0.15, 0.2) is 48.5 Å². The van der Waals surface area contributed by atoms with Gasteiger partial charge in [0.2, 0.25) is 0 Å². The average Bonchev–Trinajstić information content (AvgIpc) is 3.48. The predicted molar refractivity (Wildman–Crippen MR) is 208 cm³/mol. The van der Waals surface area contributed by atoms with Crippen LogP contribution in [0.1, 0.15) is 119 Å². The summed E-state index contributed by atoms with van der Waals surface area (Å²) in [6.45, 7) is 10.8. The van der Waals surface area contributed by atoms with Crippen LogP contribution in [-0.4, -0.2) is 55.0 Å². The van der Waals surface area contributed by atoms with Gasteiger partial charge in [0.25, 0.3) is 0 Å². The molecule has 4 unspecified atom stereocenters. The first-order chi connectivity index (χ1) is 25.2. The minimum Gasteiger partial charge on any atom is -0.481 e. The lowest BCUT2D eigenvalue weighted by molar-refractivity contribution is -0.216. The van der Waals surface area contributed by atoms with Crippen molar-refractivity contribution in [2.75, 3.05) is 5.32 Å². The number of aliphatic hydroxyl groups excluding tert-OH is 2. The molecule has 1 aromatic heterocycles. The largest absolute Gasteiger partial charge is 0.481 e. The molecule has 53 heavy (non-hydrogen) atoms. The Morgan fingerprint density at radius 3 is 2.43 bits per heavy atom. The smallest absolute Gasteiger partial charge is 0.303 e. The van der Waals surface area contributed by atoms with E-state index in [2.05, 4.69) is 43.2 Å². The zero-order chi connectivity index (χ0) is 37.9. The fourth-order valence-corrected chi connectivity index (χ4v) is 12.5. The van der Waals surface area contributed by atoms with Gasteiger partial charge < -0.3 is 25.7 Å². The number of rotatable bonds is 11. The number of aliphatic carboxylic acids is 1. The number of aryl methyl sites for hydroxylation is 2. The standard InChI is InChI=1S/C45H60N2O6/c1-26(14-17-39(51)52)33-15-16-34-41-35(23-38(50)44(33,34)5)43(4)20-21-45(53,24-31(43)22-37(41)49)19-18-29-10-6-7-11-30(29)25-46-42-32-12-8-9-13-36(32)47-27(2)40(42)28(3)48/h6-13,26,31,33-35,37-38,41,49-50,53H,14-25H2,1-5H3,(H,46,47)(H,51,52)/t26-,31?,33-,34?,35?,37-,38+,41?,43+,44-,45-/m1/s1. The highest BCUT2D eigenvalue weighted by Gasteiger charge is 2.66. The summed E-state index contributed by atoms with van der Waals surface area (Å²) in [5.74, 6) is 0.375. The second-order valence-electron chi connectivity index (χ2n) is 18.1. The van der Waals surface area contributed by atoms with Crippen LogP contribution in [0.25, 0.3) is 10.9 Å². The number of ketones is 1. The maximum absolute atomic E-state index is 12.7. The molecule has 2 aromatic carbocycles. The molecule has 1 heterocycles. The van der Waals surface area contributed by atoms with E-state index in [1.165, 1.54) is 5.56 Å². The van der Waals surface area contributed by atoms with Crippen LogP contribution in [0.5, 0.6) is 0 Å². The Morgan fingerprint density at radius 2 is 1.70 bits per heavy atom. The number of para-hydroxylation sites is 1. The Labute approximate surface area is 314 Å². The van der Waals surface area contributed by atoms with Crippen molar-refractivity contribution < 1.29 is 30.0 Å². The van der Waals surface area contributed by atoms with Crippen LogP contribution in [0, 0.1) is 53.3 Å². The first-order valence-corrected chi connectivity index (χ1v) is 20.2.